The highest BCUT2D eigenvalue weighted by Gasteiger charge is 2.13. The van der Waals surface area contributed by atoms with Crippen LogP contribution < -0.4 is 5.73 Å². The second-order valence-corrected chi connectivity index (χ2v) is 4.62. The molecule has 18 heavy (non-hydrogen) atoms. The van der Waals surface area contributed by atoms with Gasteiger partial charge in [0, 0.05) is 39.3 Å². The van der Waals surface area contributed by atoms with Crippen LogP contribution in [0.25, 0.3) is 22.0 Å². The summed E-state index contributed by atoms with van der Waals surface area (Å²) in [5.41, 5.74) is 10.1. The first-order valence-corrected chi connectivity index (χ1v) is 6.23. The predicted molar refractivity (Wildman–Crippen MR) is 76.6 cm³/mol. The van der Waals surface area contributed by atoms with Crippen molar-refractivity contribution in [3.63, 3.8) is 0 Å². The molecule has 0 unspecified atom stereocenters. The van der Waals surface area contributed by atoms with E-state index in [-0.39, 0.29) is 0 Å². The molecule has 0 radical (unpaired) electrons. The van der Waals surface area contributed by atoms with Gasteiger partial charge in [0.15, 0.2) is 0 Å². The van der Waals surface area contributed by atoms with Crippen LogP contribution in [-0.4, -0.2) is 4.98 Å². The summed E-state index contributed by atoms with van der Waals surface area (Å²) in [6.07, 6.45) is 0. The van der Waals surface area contributed by atoms with E-state index in [0.29, 0.717) is 6.54 Å². The van der Waals surface area contributed by atoms with Crippen LogP contribution in [0, 0.1) is 0 Å². The zero-order valence-corrected chi connectivity index (χ0v) is 10.5. The SMILES string of the molecule is NCc1[nH]c2ccccc2c1-c1ccccc1Cl. The van der Waals surface area contributed by atoms with Gasteiger partial charge in [-0.3, -0.25) is 0 Å². The van der Waals surface area contributed by atoms with Gasteiger partial charge >= 0.3 is 0 Å². The second kappa shape index (κ2) is 4.48. The van der Waals surface area contributed by atoms with E-state index >= 15 is 0 Å². The van der Waals surface area contributed by atoms with Crippen molar-refractivity contribution in [2.45, 2.75) is 6.54 Å². The standard InChI is InChI=1S/C15H13ClN2/c16-12-7-3-1-5-10(12)15-11-6-2-4-8-13(11)18-14(15)9-17/h1-8,18H,9,17H2. The molecule has 3 aromatic rings. The van der Waals surface area contributed by atoms with E-state index < -0.39 is 0 Å². The Balaban J connectivity index is 2.37. The molecule has 0 atom stereocenters. The quantitative estimate of drug-likeness (QED) is 0.716. The number of benzene rings is 2. The van der Waals surface area contributed by atoms with Crippen LogP contribution in [0.3, 0.4) is 0 Å². The Morgan fingerprint density at radius 1 is 1.00 bits per heavy atom. The van der Waals surface area contributed by atoms with Crippen molar-refractivity contribution in [3.8, 4) is 11.1 Å². The Kier molecular flexibility index (Phi) is 2.82. The number of aromatic amines is 1. The van der Waals surface area contributed by atoms with Crippen LogP contribution >= 0.6 is 11.6 Å². The van der Waals surface area contributed by atoms with Crippen molar-refractivity contribution in [2.24, 2.45) is 5.73 Å². The van der Waals surface area contributed by atoms with Crippen molar-refractivity contribution in [3.05, 3.63) is 59.2 Å². The third-order valence-electron chi connectivity index (χ3n) is 3.13. The van der Waals surface area contributed by atoms with Gasteiger partial charge in [-0.25, -0.2) is 0 Å². The number of rotatable bonds is 2. The molecule has 0 saturated heterocycles. The molecular formula is C15H13ClN2. The molecule has 3 N–H and O–H groups in total. The Morgan fingerprint density at radius 3 is 2.50 bits per heavy atom. The first kappa shape index (κ1) is 11.3. The van der Waals surface area contributed by atoms with Crippen LogP contribution in [0.4, 0.5) is 0 Å². The van der Waals surface area contributed by atoms with E-state index in [4.69, 9.17) is 17.3 Å². The fourth-order valence-electron chi connectivity index (χ4n) is 2.32. The molecule has 1 aromatic heterocycles. The summed E-state index contributed by atoms with van der Waals surface area (Å²) in [7, 11) is 0. The van der Waals surface area contributed by atoms with Crippen LogP contribution in [-0.2, 0) is 6.54 Å². The number of nitrogens with one attached hydrogen (secondary N) is 1. The minimum absolute atomic E-state index is 0.467. The van der Waals surface area contributed by atoms with Crippen molar-refractivity contribution < 1.29 is 0 Å². The lowest BCUT2D eigenvalue weighted by Gasteiger charge is -2.05. The average molecular weight is 257 g/mol. The highest BCUT2D eigenvalue weighted by atomic mass is 35.5. The van der Waals surface area contributed by atoms with E-state index in [2.05, 4.69) is 17.1 Å². The van der Waals surface area contributed by atoms with Crippen molar-refractivity contribution >= 4 is 22.5 Å². The lowest BCUT2D eigenvalue weighted by Crippen LogP contribution is -1.98. The lowest BCUT2D eigenvalue weighted by molar-refractivity contribution is 1.02. The number of H-pyrrole nitrogens is 1. The monoisotopic (exact) mass is 256 g/mol. The summed E-state index contributed by atoms with van der Waals surface area (Å²) < 4.78 is 0. The molecule has 3 rings (SSSR count). The molecule has 0 amide bonds. The first-order valence-electron chi connectivity index (χ1n) is 5.86. The maximum Gasteiger partial charge on any atom is 0.0485 e. The zero-order valence-electron chi connectivity index (χ0n) is 9.78. The summed E-state index contributed by atoms with van der Waals surface area (Å²) in [6.45, 7) is 0.467. The normalized spacial score (nSPS) is 11.0. The smallest absolute Gasteiger partial charge is 0.0485 e. The van der Waals surface area contributed by atoms with Gasteiger partial charge in [-0.15, -0.1) is 0 Å². The van der Waals surface area contributed by atoms with Gasteiger partial charge in [-0.2, -0.15) is 0 Å². The Labute approximate surface area is 110 Å². The number of nitrogens with two attached hydrogens (primary N) is 1. The number of hydrogen-bond donors (Lipinski definition) is 2. The maximum atomic E-state index is 6.29. The van der Waals surface area contributed by atoms with Crippen molar-refractivity contribution in [1.82, 2.24) is 4.98 Å². The molecule has 1 heterocycles. The third-order valence-corrected chi connectivity index (χ3v) is 3.46. The largest absolute Gasteiger partial charge is 0.357 e. The maximum absolute atomic E-state index is 6.29. The first-order chi connectivity index (χ1) is 8.81. The summed E-state index contributed by atoms with van der Waals surface area (Å²) in [5, 5.41) is 1.91. The molecule has 3 heteroatoms. The van der Waals surface area contributed by atoms with Gasteiger partial charge in [-0.1, -0.05) is 48.0 Å². The predicted octanol–water partition coefficient (Wildman–Crippen LogP) is 3.95. The summed E-state index contributed by atoms with van der Waals surface area (Å²) in [5.74, 6) is 0. The fourth-order valence-corrected chi connectivity index (χ4v) is 2.55. The van der Waals surface area contributed by atoms with Gasteiger partial charge in [0.05, 0.1) is 0 Å². The van der Waals surface area contributed by atoms with Crippen molar-refractivity contribution in [2.75, 3.05) is 0 Å². The second-order valence-electron chi connectivity index (χ2n) is 4.21. The van der Waals surface area contributed by atoms with Gasteiger partial charge < -0.3 is 10.7 Å². The Hall–Kier alpha value is -1.77. The molecule has 0 bridgehead atoms. The van der Waals surface area contributed by atoms with Crippen LogP contribution in [0.1, 0.15) is 5.69 Å². The molecule has 0 aliphatic heterocycles. The molecule has 90 valence electrons. The number of hydrogen-bond acceptors (Lipinski definition) is 1. The van der Waals surface area contributed by atoms with Gasteiger partial charge in [0.25, 0.3) is 0 Å². The van der Waals surface area contributed by atoms with Gasteiger partial charge in [0.1, 0.15) is 0 Å². The average Bonchev–Trinajstić information content (AvgIpc) is 2.78. The van der Waals surface area contributed by atoms with E-state index in [1.54, 1.807) is 0 Å². The highest BCUT2D eigenvalue weighted by Crippen LogP contribution is 2.36. The minimum atomic E-state index is 0.467. The molecule has 0 spiro atoms. The Bertz CT molecular complexity index is 701. The lowest BCUT2D eigenvalue weighted by atomic mass is 10.0. The molecule has 0 fully saturated rings. The highest BCUT2D eigenvalue weighted by molar-refractivity contribution is 6.33. The van der Waals surface area contributed by atoms with Crippen LogP contribution in [0.15, 0.2) is 48.5 Å². The molecular weight excluding hydrogens is 244 g/mol. The Morgan fingerprint density at radius 2 is 1.72 bits per heavy atom. The molecule has 0 aliphatic carbocycles. The minimum Gasteiger partial charge on any atom is -0.357 e. The summed E-state index contributed by atoms with van der Waals surface area (Å²) in [4.78, 5) is 3.36. The number of para-hydroxylation sites is 1. The van der Waals surface area contributed by atoms with E-state index in [0.717, 1.165) is 32.7 Å². The molecule has 0 aliphatic rings. The number of halogens is 1. The van der Waals surface area contributed by atoms with E-state index in [9.17, 15) is 0 Å². The third kappa shape index (κ3) is 1.70. The van der Waals surface area contributed by atoms with Crippen LogP contribution in [0.5, 0.6) is 0 Å². The van der Waals surface area contributed by atoms with Gasteiger partial charge in [0.2, 0.25) is 0 Å². The van der Waals surface area contributed by atoms with E-state index in [1.807, 2.05) is 36.4 Å². The topological polar surface area (TPSA) is 41.8 Å². The van der Waals surface area contributed by atoms with Crippen molar-refractivity contribution in [1.29, 1.82) is 0 Å². The molecule has 2 aromatic carbocycles. The molecule has 2 nitrogen and oxygen atoms in total. The summed E-state index contributed by atoms with van der Waals surface area (Å²) >= 11 is 6.29. The van der Waals surface area contributed by atoms with Gasteiger partial charge in [-0.05, 0) is 12.1 Å². The summed E-state index contributed by atoms with van der Waals surface area (Å²) in [6, 6.07) is 16.0. The van der Waals surface area contributed by atoms with Crippen LogP contribution in [0.2, 0.25) is 5.02 Å². The fraction of sp³-hybridized carbons (Fsp3) is 0.0667. The number of fused-ring (bicyclic) bond motifs is 1. The number of aromatic nitrogens is 1. The zero-order chi connectivity index (χ0) is 12.5. The molecule has 0 saturated carbocycles. The van der Waals surface area contributed by atoms with E-state index in [1.165, 1.54) is 0 Å².